The number of carboxylic acids is 1. The number of carbonyl (C=O) groups excluding carboxylic acids is 1. The third-order valence-corrected chi connectivity index (χ3v) is 9.80. The van der Waals surface area contributed by atoms with E-state index < -0.39 is 11.4 Å². The Balaban J connectivity index is 1.47. The number of aromatic nitrogens is 1. The second-order valence-electron chi connectivity index (χ2n) is 13.6. The number of aliphatic carboxylic acids is 1. The van der Waals surface area contributed by atoms with Gasteiger partial charge in [-0.3, -0.25) is 9.59 Å². The summed E-state index contributed by atoms with van der Waals surface area (Å²) in [6.45, 7) is 11.9. The number of fused-ring (bicyclic) bond motifs is 1. The van der Waals surface area contributed by atoms with E-state index in [2.05, 4.69) is 37.5 Å². The van der Waals surface area contributed by atoms with Crippen molar-refractivity contribution < 1.29 is 19.4 Å². The fourth-order valence-corrected chi connectivity index (χ4v) is 7.20. The largest absolute Gasteiger partial charge is 0.491 e. The Kier molecular flexibility index (Phi) is 9.90. The number of nitrogens with zero attached hydrogens (tertiary/aromatic N) is 2. The van der Waals surface area contributed by atoms with Crippen molar-refractivity contribution in [3.05, 3.63) is 94.6 Å². The molecule has 0 saturated carbocycles. The Bertz CT molecular complexity index is 1660. The fourth-order valence-electron chi connectivity index (χ4n) is 5.89. The summed E-state index contributed by atoms with van der Waals surface area (Å²) in [5.41, 5.74) is 3.17. The molecule has 1 amide bonds. The number of likely N-dealkylation sites (tertiary alicyclic amines) is 1. The maximum Gasteiger partial charge on any atom is 0.309 e. The van der Waals surface area contributed by atoms with Crippen LogP contribution in [0.5, 0.6) is 5.75 Å². The molecule has 0 spiro atoms. The minimum absolute atomic E-state index is 0.0294. The molecular weight excluding hydrogens is 604 g/mol. The van der Waals surface area contributed by atoms with Gasteiger partial charge in [0.15, 0.2) is 0 Å². The maximum atomic E-state index is 13.2. The number of carbonyl (C=O) groups is 2. The zero-order chi connectivity index (χ0) is 32.4. The molecule has 1 aromatic heterocycles. The summed E-state index contributed by atoms with van der Waals surface area (Å²) in [6, 6.07) is 23.9. The van der Waals surface area contributed by atoms with Gasteiger partial charge in [-0.2, -0.15) is 0 Å². The maximum absolute atomic E-state index is 13.2. The molecule has 1 aliphatic heterocycles. The minimum Gasteiger partial charge on any atom is -0.491 e. The highest BCUT2D eigenvalue weighted by Crippen LogP contribution is 2.44. The lowest BCUT2D eigenvalue weighted by molar-refractivity contribution is -0.146. The van der Waals surface area contributed by atoms with Crippen LogP contribution in [-0.4, -0.2) is 50.4 Å². The topological polar surface area (TPSA) is 71.8 Å². The van der Waals surface area contributed by atoms with E-state index in [0.29, 0.717) is 31.0 Å². The number of hydrogen-bond acceptors (Lipinski definition) is 4. The van der Waals surface area contributed by atoms with Crippen molar-refractivity contribution in [3.8, 4) is 5.75 Å². The highest BCUT2D eigenvalue weighted by atomic mass is 35.5. The first kappa shape index (κ1) is 33.0. The van der Waals surface area contributed by atoms with Crippen molar-refractivity contribution in [2.75, 3.05) is 13.2 Å². The molecule has 1 aliphatic rings. The SMILES string of the molecule is CC(C)(C)Sc1c(CC(C)(C)C(=O)O)n(Cc2ccc(Cl)cc2)c2ccc(OCC3CCCN3C(=O)Cc3ccccc3)cc12. The van der Waals surface area contributed by atoms with Gasteiger partial charge in [0, 0.05) is 50.8 Å². The first-order valence-electron chi connectivity index (χ1n) is 15.6. The summed E-state index contributed by atoms with van der Waals surface area (Å²) in [5.74, 6) is 0.0503. The highest BCUT2D eigenvalue weighted by Gasteiger charge is 2.33. The summed E-state index contributed by atoms with van der Waals surface area (Å²) in [7, 11) is 0. The van der Waals surface area contributed by atoms with Gasteiger partial charge in [0.2, 0.25) is 5.91 Å². The van der Waals surface area contributed by atoms with Crippen molar-refractivity contribution >= 4 is 46.1 Å². The van der Waals surface area contributed by atoms with Crippen molar-refractivity contribution in [2.45, 2.75) is 82.5 Å². The van der Waals surface area contributed by atoms with E-state index >= 15 is 0 Å². The lowest BCUT2D eigenvalue weighted by Crippen LogP contribution is -2.39. The molecule has 1 unspecified atom stereocenters. The quantitative estimate of drug-likeness (QED) is 0.165. The van der Waals surface area contributed by atoms with E-state index in [-0.39, 0.29) is 16.7 Å². The van der Waals surface area contributed by atoms with Gasteiger partial charge in [-0.15, -0.1) is 11.8 Å². The molecule has 1 atom stereocenters. The van der Waals surface area contributed by atoms with Crippen molar-refractivity contribution in [3.63, 3.8) is 0 Å². The van der Waals surface area contributed by atoms with Crippen molar-refractivity contribution in [1.82, 2.24) is 9.47 Å². The van der Waals surface area contributed by atoms with Crippen LogP contribution in [0.4, 0.5) is 0 Å². The number of benzene rings is 3. The number of amides is 1. The van der Waals surface area contributed by atoms with Gasteiger partial charge in [-0.1, -0.05) is 74.8 Å². The average Bonchev–Trinajstić information content (AvgIpc) is 3.56. The summed E-state index contributed by atoms with van der Waals surface area (Å²) in [6.07, 6.45) is 2.66. The fraction of sp³-hybridized carbons (Fsp3) is 0.405. The van der Waals surface area contributed by atoms with Crippen LogP contribution < -0.4 is 4.74 Å². The van der Waals surface area contributed by atoms with E-state index in [1.165, 1.54) is 0 Å². The molecule has 238 valence electrons. The van der Waals surface area contributed by atoms with E-state index in [9.17, 15) is 14.7 Å². The molecule has 6 nitrogen and oxygen atoms in total. The molecular formula is C37H43ClN2O4S. The standard InChI is InChI=1S/C37H43ClN2O4S/c1-36(2,3)45-34-30-21-29(44-24-28-12-9-19-39(28)33(41)20-25-10-7-6-8-11-25)17-18-31(30)40(23-26-13-15-27(38)16-14-26)32(34)22-37(4,5)35(42)43/h6-8,10-11,13-18,21,28H,9,12,19-20,22-24H2,1-5H3,(H,42,43). The predicted octanol–water partition coefficient (Wildman–Crippen LogP) is 8.50. The lowest BCUT2D eigenvalue weighted by atomic mass is 9.88. The molecule has 0 radical (unpaired) electrons. The summed E-state index contributed by atoms with van der Waals surface area (Å²) in [4.78, 5) is 28.5. The monoisotopic (exact) mass is 646 g/mol. The first-order chi connectivity index (χ1) is 21.3. The van der Waals surface area contributed by atoms with E-state index in [1.54, 1.807) is 25.6 Å². The molecule has 4 aromatic rings. The van der Waals surface area contributed by atoms with E-state index in [4.69, 9.17) is 16.3 Å². The van der Waals surface area contributed by atoms with Crippen molar-refractivity contribution in [2.24, 2.45) is 5.41 Å². The first-order valence-corrected chi connectivity index (χ1v) is 16.8. The van der Waals surface area contributed by atoms with Crippen LogP contribution >= 0.6 is 23.4 Å². The average molecular weight is 647 g/mol. The van der Waals surface area contributed by atoms with Crippen molar-refractivity contribution in [1.29, 1.82) is 0 Å². The summed E-state index contributed by atoms with van der Waals surface area (Å²) < 4.78 is 8.56. The molecule has 2 heterocycles. The molecule has 5 rings (SSSR count). The second-order valence-corrected chi connectivity index (χ2v) is 15.9. The number of thioether (sulfide) groups is 1. The summed E-state index contributed by atoms with van der Waals surface area (Å²) in [5, 5.41) is 11.8. The van der Waals surface area contributed by atoms with Gasteiger partial charge in [0.25, 0.3) is 0 Å². The van der Waals surface area contributed by atoms with Gasteiger partial charge in [0.1, 0.15) is 12.4 Å². The molecule has 3 aromatic carbocycles. The third-order valence-electron chi connectivity index (χ3n) is 8.28. The van der Waals surface area contributed by atoms with Gasteiger partial charge in [-0.25, -0.2) is 0 Å². The van der Waals surface area contributed by atoms with Gasteiger partial charge >= 0.3 is 5.97 Å². The number of halogens is 1. The number of hydrogen-bond donors (Lipinski definition) is 1. The Morgan fingerprint density at radius 2 is 1.69 bits per heavy atom. The summed E-state index contributed by atoms with van der Waals surface area (Å²) >= 11 is 7.94. The molecule has 1 N–H and O–H groups in total. The molecule has 45 heavy (non-hydrogen) atoms. The molecule has 1 saturated heterocycles. The van der Waals surface area contributed by atoms with Gasteiger partial charge in [0.05, 0.1) is 17.9 Å². The van der Waals surface area contributed by atoms with Crippen LogP contribution in [0.2, 0.25) is 5.02 Å². The van der Waals surface area contributed by atoms with E-state index in [0.717, 1.165) is 57.8 Å². The second kappa shape index (κ2) is 13.5. The Labute approximate surface area is 275 Å². The molecule has 8 heteroatoms. The van der Waals surface area contributed by atoms with Gasteiger partial charge < -0.3 is 19.3 Å². The molecule has 0 bridgehead atoms. The predicted molar refractivity (Wildman–Crippen MR) is 184 cm³/mol. The van der Waals surface area contributed by atoms with E-state index in [1.807, 2.05) is 65.6 Å². The van der Waals surface area contributed by atoms with Crippen LogP contribution in [0.3, 0.4) is 0 Å². The van der Waals surface area contributed by atoms with Crippen LogP contribution in [0.1, 0.15) is 64.3 Å². The molecule has 0 aliphatic carbocycles. The smallest absolute Gasteiger partial charge is 0.309 e. The molecule has 1 fully saturated rings. The van der Waals surface area contributed by atoms with Crippen LogP contribution in [0.25, 0.3) is 10.9 Å². The number of rotatable bonds is 11. The Morgan fingerprint density at radius 1 is 0.978 bits per heavy atom. The Morgan fingerprint density at radius 3 is 2.36 bits per heavy atom. The number of carboxylic acid groups (broad SMARTS) is 1. The number of ether oxygens (including phenoxy) is 1. The Hall–Kier alpha value is -3.42. The zero-order valence-electron chi connectivity index (χ0n) is 26.8. The highest BCUT2D eigenvalue weighted by molar-refractivity contribution is 8.00. The zero-order valence-corrected chi connectivity index (χ0v) is 28.4. The lowest BCUT2D eigenvalue weighted by Gasteiger charge is -2.25. The van der Waals surface area contributed by atoms with Gasteiger partial charge in [-0.05, 0) is 68.1 Å². The normalized spacial score (nSPS) is 15.5. The third kappa shape index (κ3) is 8.06. The minimum atomic E-state index is -0.961. The van der Waals surface area contributed by atoms with Crippen LogP contribution in [0.15, 0.2) is 77.7 Å². The van der Waals surface area contributed by atoms with Crippen LogP contribution in [0, 0.1) is 5.41 Å². The van der Waals surface area contributed by atoms with Crippen LogP contribution in [-0.2, 0) is 29.0 Å².